The predicted octanol–water partition coefficient (Wildman–Crippen LogP) is 2.21. The number of aryl methyl sites for hydroxylation is 1. The third-order valence-corrected chi connectivity index (χ3v) is 3.67. The van der Waals surface area contributed by atoms with Crippen molar-refractivity contribution >= 4 is 11.9 Å². The van der Waals surface area contributed by atoms with Gasteiger partial charge in [-0.25, -0.2) is 14.6 Å². The van der Waals surface area contributed by atoms with Crippen LogP contribution in [-0.4, -0.2) is 25.7 Å². The standard InChI is InChI=1S/C18H17N5O2/c1-12-10-11-19-18(20-12)21-17(25)13(2)23-16(24)9-8-15(22-23)14-6-4-3-5-7-14/h3-11,13H,1-2H3,(H,19,20,21,25). The van der Waals surface area contributed by atoms with Gasteiger partial charge in [-0.2, -0.15) is 5.10 Å². The van der Waals surface area contributed by atoms with E-state index in [4.69, 9.17) is 0 Å². The van der Waals surface area contributed by atoms with E-state index in [2.05, 4.69) is 20.4 Å². The molecule has 126 valence electrons. The minimum absolute atomic E-state index is 0.198. The van der Waals surface area contributed by atoms with Crippen LogP contribution in [0.3, 0.4) is 0 Å². The molecule has 25 heavy (non-hydrogen) atoms. The van der Waals surface area contributed by atoms with Gasteiger partial charge >= 0.3 is 0 Å². The number of rotatable bonds is 4. The molecule has 0 aliphatic heterocycles. The number of aromatic nitrogens is 4. The first-order valence-corrected chi connectivity index (χ1v) is 7.80. The van der Waals surface area contributed by atoms with Crippen LogP contribution in [0.1, 0.15) is 18.7 Å². The predicted molar refractivity (Wildman–Crippen MR) is 94.0 cm³/mol. The molecular formula is C18H17N5O2. The van der Waals surface area contributed by atoms with Crippen LogP contribution in [0.15, 0.2) is 59.5 Å². The molecule has 1 N–H and O–H groups in total. The molecule has 0 bridgehead atoms. The van der Waals surface area contributed by atoms with E-state index >= 15 is 0 Å². The third-order valence-electron chi connectivity index (χ3n) is 3.67. The number of nitrogens with zero attached hydrogens (tertiary/aromatic N) is 4. The lowest BCUT2D eigenvalue weighted by molar-refractivity contribution is -0.119. The first-order chi connectivity index (χ1) is 12.0. The van der Waals surface area contributed by atoms with Gasteiger partial charge in [-0.3, -0.25) is 14.9 Å². The maximum absolute atomic E-state index is 12.4. The van der Waals surface area contributed by atoms with Gasteiger partial charge in [0.1, 0.15) is 6.04 Å². The second-order valence-electron chi connectivity index (χ2n) is 5.55. The lowest BCUT2D eigenvalue weighted by Crippen LogP contribution is -2.33. The Balaban J connectivity index is 1.87. The first-order valence-electron chi connectivity index (χ1n) is 7.80. The van der Waals surface area contributed by atoms with Gasteiger partial charge < -0.3 is 0 Å². The molecule has 7 heteroatoms. The molecule has 0 saturated heterocycles. The Labute approximate surface area is 144 Å². The van der Waals surface area contributed by atoms with Crippen molar-refractivity contribution < 1.29 is 4.79 Å². The van der Waals surface area contributed by atoms with E-state index in [1.165, 1.54) is 6.07 Å². The van der Waals surface area contributed by atoms with Crippen molar-refractivity contribution in [2.75, 3.05) is 5.32 Å². The Morgan fingerprint density at radius 2 is 1.88 bits per heavy atom. The van der Waals surface area contributed by atoms with Gasteiger partial charge in [0, 0.05) is 23.5 Å². The van der Waals surface area contributed by atoms with Crippen molar-refractivity contribution in [1.29, 1.82) is 0 Å². The summed E-state index contributed by atoms with van der Waals surface area (Å²) < 4.78 is 1.16. The Morgan fingerprint density at radius 1 is 1.12 bits per heavy atom. The molecule has 0 radical (unpaired) electrons. The van der Waals surface area contributed by atoms with Gasteiger partial charge in [0.25, 0.3) is 11.5 Å². The van der Waals surface area contributed by atoms with E-state index in [0.29, 0.717) is 5.69 Å². The maximum atomic E-state index is 12.4. The monoisotopic (exact) mass is 335 g/mol. The maximum Gasteiger partial charge on any atom is 0.267 e. The average molecular weight is 335 g/mol. The van der Waals surface area contributed by atoms with Crippen LogP contribution in [0.2, 0.25) is 0 Å². The molecule has 2 aromatic heterocycles. The van der Waals surface area contributed by atoms with E-state index in [-0.39, 0.29) is 11.5 Å². The highest BCUT2D eigenvalue weighted by Gasteiger charge is 2.19. The number of hydrogen-bond donors (Lipinski definition) is 1. The van der Waals surface area contributed by atoms with Crippen LogP contribution in [0.5, 0.6) is 0 Å². The smallest absolute Gasteiger partial charge is 0.267 e. The number of carbonyl (C=O) groups excluding carboxylic acids is 1. The largest absolute Gasteiger partial charge is 0.293 e. The molecule has 1 aromatic carbocycles. The number of hydrogen-bond acceptors (Lipinski definition) is 5. The van der Waals surface area contributed by atoms with E-state index in [0.717, 1.165) is 15.9 Å². The molecule has 1 amide bonds. The van der Waals surface area contributed by atoms with Gasteiger partial charge in [-0.05, 0) is 26.0 Å². The van der Waals surface area contributed by atoms with Crippen molar-refractivity contribution in [2.24, 2.45) is 0 Å². The lowest BCUT2D eigenvalue weighted by atomic mass is 10.1. The first kappa shape index (κ1) is 16.5. The number of benzene rings is 1. The molecule has 3 rings (SSSR count). The van der Waals surface area contributed by atoms with Crippen LogP contribution in [-0.2, 0) is 4.79 Å². The van der Waals surface area contributed by atoms with Crippen molar-refractivity contribution in [3.05, 3.63) is 70.8 Å². The molecule has 0 saturated carbocycles. The van der Waals surface area contributed by atoms with Crippen LogP contribution in [0.4, 0.5) is 5.95 Å². The summed E-state index contributed by atoms with van der Waals surface area (Å²) in [6, 6.07) is 13.4. The molecule has 7 nitrogen and oxygen atoms in total. The molecule has 0 aliphatic rings. The fraction of sp³-hybridized carbons (Fsp3) is 0.167. The normalized spacial score (nSPS) is 11.8. The van der Waals surface area contributed by atoms with Crippen molar-refractivity contribution in [3.63, 3.8) is 0 Å². The van der Waals surface area contributed by atoms with E-state index in [9.17, 15) is 9.59 Å². The number of anilines is 1. The average Bonchev–Trinajstić information content (AvgIpc) is 2.62. The summed E-state index contributed by atoms with van der Waals surface area (Å²) in [5.74, 6) is -0.213. The van der Waals surface area contributed by atoms with Crippen LogP contribution >= 0.6 is 0 Å². The van der Waals surface area contributed by atoms with E-state index in [1.54, 1.807) is 32.2 Å². The fourth-order valence-electron chi connectivity index (χ4n) is 2.30. The van der Waals surface area contributed by atoms with Gasteiger partial charge in [0.15, 0.2) is 0 Å². The molecule has 0 aliphatic carbocycles. The molecule has 1 unspecified atom stereocenters. The number of amides is 1. The zero-order chi connectivity index (χ0) is 17.8. The molecular weight excluding hydrogens is 318 g/mol. The van der Waals surface area contributed by atoms with Crippen LogP contribution in [0, 0.1) is 6.92 Å². The SMILES string of the molecule is Cc1ccnc(NC(=O)C(C)n2nc(-c3ccccc3)ccc2=O)n1. The second kappa shape index (κ2) is 7.04. The molecule has 2 heterocycles. The fourth-order valence-corrected chi connectivity index (χ4v) is 2.30. The Hall–Kier alpha value is -3.35. The Morgan fingerprint density at radius 3 is 2.60 bits per heavy atom. The minimum Gasteiger partial charge on any atom is -0.293 e. The summed E-state index contributed by atoms with van der Waals surface area (Å²) >= 11 is 0. The third kappa shape index (κ3) is 3.77. The quantitative estimate of drug-likeness (QED) is 0.789. The van der Waals surface area contributed by atoms with Gasteiger partial charge in [0.2, 0.25) is 5.95 Å². The Kier molecular flexibility index (Phi) is 4.65. The van der Waals surface area contributed by atoms with Gasteiger partial charge in [-0.1, -0.05) is 30.3 Å². The summed E-state index contributed by atoms with van der Waals surface area (Å²) in [7, 11) is 0. The van der Waals surface area contributed by atoms with E-state index in [1.807, 2.05) is 30.3 Å². The lowest BCUT2D eigenvalue weighted by Gasteiger charge is -2.14. The van der Waals surface area contributed by atoms with Gasteiger partial charge in [-0.15, -0.1) is 0 Å². The van der Waals surface area contributed by atoms with Crippen molar-refractivity contribution in [3.8, 4) is 11.3 Å². The minimum atomic E-state index is -0.805. The van der Waals surface area contributed by atoms with E-state index < -0.39 is 11.9 Å². The highest BCUT2D eigenvalue weighted by Crippen LogP contribution is 2.15. The molecule has 3 aromatic rings. The Bertz CT molecular complexity index is 953. The van der Waals surface area contributed by atoms with Crippen molar-refractivity contribution in [1.82, 2.24) is 19.7 Å². The summed E-state index contributed by atoms with van der Waals surface area (Å²) in [5.41, 5.74) is 1.87. The molecule has 0 spiro atoms. The van der Waals surface area contributed by atoms with Crippen LogP contribution in [0.25, 0.3) is 11.3 Å². The van der Waals surface area contributed by atoms with Crippen molar-refractivity contribution in [2.45, 2.75) is 19.9 Å². The topological polar surface area (TPSA) is 89.8 Å². The molecule has 1 atom stereocenters. The highest BCUT2D eigenvalue weighted by molar-refractivity contribution is 5.91. The zero-order valence-corrected chi connectivity index (χ0v) is 13.9. The van der Waals surface area contributed by atoms with Crippen LogP contribution < -0.4 is 10.9 Å². The number of nitrogens with one attached hydrogen (secondary N) is 1. The van der Waals surface area contributed by atoms with Gasteiger partial charge in [0.05, 0.1) is 5.69 Å². The highest BCUT2D eigenvalue weighted by atomic mass is 16.2. The summed E-state index contributed by atoms with van der Waals surface area (Å²) in [4.78, 5) is 32.7. The summed E-state index contributed by atoms with van der Waals surface area (Å²) in [6.07, 6.45) is 1.56. The number of carbonyl (C=O) groups is 1. The zero-order valence-electron chi connectivity index (χ0n) is 13.9. The second-order valence-corrected chi connectivity index (χ2v) is 5.55. The summed E-state index contributed by atoms with van der Waals surface area (Å²) in [6.45, 7) is 3.41. The summed E-state index contributed by atoms with van der Waals surface area (Å²) in [5, 5.41) is 6.93. The molecule has 0 fully saturated rings.